The summed E-state index contributed by atoms with van der Waals surface area (Å²) in [5.74, 6) is -0.678. The molecule has 0 N–H and O–H groups in total. The number of benzene rings is 1. The van der Waals surface area contributed by atoms with Crippen molar-refractivity contribution in [1.82, 2.24) is 9.80 Å². The molecule has 5 heteroatoms. The van der Waals surface area contributed by atoms with Crippen LogP contribution < -0.4 is 0 Å². The van der Waals surface area contributed by atoms with Crippen LogP contribution in [0.3, 0.4) is 0 Å². The lowest BCUT2D eigenvalue weighted by Crippen LogP contribution is -2.58. The van der Waals surface area contributed by atoms with Gasteiger partial charge in [-0.15, -0.1) is 0 Å². The van der Waals surface area contributed by atoms with Gasteiger partial charge in [0.25, 0.3) is 5.91 Å². The second kappa shape index (κ2) is 7.00. The van der Waals surface area contributed by atoms with E-state index in [1.807, 2.05) is 0 Å². The highest BCUT2D eigenvalue weighted by Gasteiger charge is 2.32. The molecule has 1 heterocycles. The van der Waals surface area contributed by atoms with Crippen LogP contribution in [0, 0.1) is 5.82 Å². The van der Waals surface area contributed by atoms with Crippen molar-refractivity contribution >= 4 is 5.91 Å². The van der Waals surface area contributed by atoms with Crippen molar-refractivity contribution in [2.75, 3.05) is 33.4 Å². The molecular formula is C16H23FN2O2. The number of halogens is 1. The van der Waals surface area contributed by atoms with Crippen LogP contribution in [0.5, 0.6) is 0 Å². The van der Waals surface area contributed by atoms with E-state index in [0.717, 1.165) is 6.54 Å². The molecule has 2 unspecified atom stereocenters. The van der Waals surface area contributed by atoms with Gasteiger partial charge in [0.2, 0.25) is 0 Å². The van der Waals surface area contributed by atoms with E-state index in [1.165, 1.54) is 6.07 Å². The van der Waals surface area contributed by atoms with Crippen molar-refractivity contribution in [1.29, 1.82) is 0 Å². The third-order valence-corrected chi connectivity index (χ3v) is 4.05. The highest BCUT2D eigenvalue weighted by atomic mass is 19.1. The van der Waals surface area contributed by atoms with Gasteiger partial charge in [0.15, 0.2) is 0 Å². The van der Waals surface area contributed by atoms with Crippen molar-refractivity contribution in [3.05, 3.63) is 35.6 Å². The van der Waals surface area contributed by atoms with E-state index in [2.05, 4.69) is 18.7 Å². The molecule has 0 spiro atoms. The topological polar surface area (TPSA) is 32.8 Å². The van der Waals surface area contributed by atoms with Crippen LogP contribution in [-0.2, 0) is 4.74 Å². The highest BCUT2D eigenvalue weighted by molar-refractivity contribution is 5.94. The van der Waals surface area contributed by atoms with E-state index in [4.69, 9.17) is 4.74 Å². The molecule has 0 bridgehead atoms. The molecule has 2 rings (SSSR count). The Hall–Kier alpha value is -1.46. The fourth-order valence-electron chi connectivity index (χ4n) is 2.96. The van der Waals surface area contributed by atoms with Crippen LogP contribution in [0.1, 0.15) is 24.2 Å². The molecule has 2 atom stereocenters. The fraction of sp³-hybridized carbons (Fsp3) is 0.562. The summed E-state index contributed by atoms with van der Waals surface area (Å²) in [7, 11) is 1.69. The van der Waals surface area contributed by atoms with E-state index in [-0.39, 0.29) is 23.6 Å². The number of carbonyl (C=O) groups is 1. The third kappa shape index (κ3) is 3.60. The predicted molar refractivity (Wildman–Crippen MR) is 79.8 cm³/mol. The van der Waals surface area contributed by atoms with Crippen LogP contribution >= 0.6 is 0 Å². The molecule has 1 aromatic rings. The average Bonchev–Trinajstić information content (AvgIpc) is 2.46. The zero-order valence-corrected chi connectivity index (χ0v) is 12.9. The summed E-state index contributed by atoms with van der Waals surface area (Å²) in [5.41, 5.74) is 0.155. The number of hydrogen-bond donors (Lipinski definition) is 0. The third-order valence-electron chi connectivity index (χ3n) is 4.05. The Morgan fingerprint density at radius 3 is 2.48 bits per heavy atom. The molecule has 116 valence electrons. The molecular weight excluding hydrogens is 271 g/mol. The highest BCUT2D eigenvalue weighted by Crippen LogP contribution is 2.18. The summed E-state index contributed by atoms with van der Waals surface area (Å²) in [6.45, 7) is 6.93. The minimum Gasteiger partial charge on any atom is -0.383 e. The van der Waals surface area contributed by atoms with Crippen LogP contribution in [0.25, 0.3) is 0 Å². The maximum atomic E-state index is 13.8. The summed E-state index contributed by atoms with van der Waals surface area (Å²) in [6.07, 6.45) is 0. The summed E-state index contributed by atoms with van der Waals surface area (Å²) in [5, 5.41) is 0. The van der Waals surface area contributed by atoms with Gasteiger partial charge in [-0.05, 0) is 26.0 Å². The second-order valence-corrected chi connectivity index (χ2v) is 5.62. The van der Waals surface area contributed by atoms with E-state index < -0.39 is 5.82 Å². The molecule has 4 nitrogen and oxygen atoms in total. The average molecular weight is 294 g/mol. The minimum atomic E-state index is -0.454. The van der Waals surface area contributed by atoms with Crippen molar-refractivity contribution in [3.8, 4) is 0 Å². The van der Waals surface area contributed by atoms with E-state index in [1.54, 1.807) is 30.2 Å². The zero-order valence-electron chi connectivity index (χ0n) is 12.9. The Morgan fingerprint density at radius 1 is 1.29 bits per heavy atom. The Morgan fingerprint density at radius 2 is 1.90 bits per heavy atom. The fourth-order valence-corrected chi connectivity index (χ4v) is 2.96. The predicted octanol–water partition coefficient (Wildman–Crippen LogP) is 2.01. The van der Waals surface area contributed by atoms with Crippen molar-refractivity contribution in [2.45, 2.75) is 25.9 Å². The largest absolute Gasteiger partial charge is 0.383 e. The van der Waals surface area contributed by atoms with Gasteiger partial charge in [0, 0.05) is 38.8 Å². The van der Waals surface area contributed by atoms with E-state index >= 15 is 0 Å². The molecule has 0 aliphatic carbocycles. The molecule has 0 aromatic heterocycles. The summed E-state index contributed by atoms with van der Waals surface area (Å²) in [4.78, 5) is 16.6. The van der Waals surface area contributed by atoms with Gasteiger partial charge in [-0.3, -0.25) is 9.69 Å². The number of hydrogen-bond acceptors (Lipinski definition) is 3. The van der Waals surface area contributed by atoms with Gasteiger partial charge in [-0.2, -0.15) is 0 Å². The maximum Gasteiger partial charge on any atom is 0.256 e. The SMILES string of the molecule is COCCN1C(C)CN(C(=O)c2ccccc2F)CC1C. The first-order valence-electron chi connectivity index (χ1n) is 7.33. The summed E-state index contributed by atoms with van der Waals surface area (Å²) in [6, 6.07) is 6.64. The summed E-state index contributed by atoms with van der Waals surface area (Å²) >= 11 is 0. The van der Waals surface area contributed by atoms with Crippen molar-refractivity contribution < 1.29 is 13.9 Å². The normalized spacial score (nSPS) is 23.3. The Kier molecular flexibility index (Phi) is 5.31. The monoisotopic (exact) mass is 294 g/mol. The van der Waals surface area contributed by atoms with E-state index in [0.29, 0.717) is 19.7 Å². The molecule has 1 amide bonds. The standard InChI is InChI=1S/C16H23FN2O2/c1-12-10-18(11-13(2)19(12)8-9-21-3)16(20)14-6-4-5-7-15(14)17/h4-7,12-13H,8-11H2,1-3H3. The van der Waals surface area contributed by atoms with Crippen LogP contribution in [0.2, 0.25) is 0 Å². The van der Waals surface area contributed by atoms with Gasteiger partial charge in [-0.25, -0.2) is 4.39 Å². The van der Waals surface area contributed by atoms with Crippen molar-refractivity contribution in [2.24, 2.45) is 0 Å². The van der Waals surface area contributed by atoms with Crippen LogP contribution in [-0.4, -0.2) is 61.1 Å². The van der Waals surface area contributed by atoms with Crippen molar-refractivity contribution in [3.63, 3.8) is 0 Å². The Balaban J connectivity index is 2.07. The quantitative estimate of drug-likeness (QED) is 0.851. The van der Waals surface area contributed by atoms with Crippen LogP contribution in [0.15, 0.2) is 24.3 Å². The molecule has 1 aliphatic rings. The molecule has 1 aliphatic heterocycles. The smallest absolute Gasteiger partial charge is 0.256 e. The first-order valence-corrected chi connectivity index (χ1v) is 7.33. The molecule has 21 heavy (non-hydrogen) atoms. The van der Waals surface area contributed by atoms with Gasteiger partial charge >= 0.3 is 0 Å². The number of rotatable bonds is 4. The van der Waals surface area contributed by atoms with Gasteiger partial charge in [0.05, 0.1) is 12.2 Å². The lowest BCUT2D eigenvalue weighted by Gasteiger charge is -2.44. The van der Waals surface area contributed by atoms with Gasteiger partial charge < -0.3 is 9.64 Å². The van der Waals surface area contributed by atoms with Crippen LogP contribution in [0.4, 0.5) is 4.39 Å². The number of amides is 1. The molecule has 1 aromatic carbocycles. The summed E-state index contributed by atoms with van der Waals surface area (Å²) < 4.78 is 18.9. The molecule has 1 saturated heterocycles. The number of ether oxygens (including phenoxy) is 1. The van der Waals surface area contributed by atoms with Gasteiger partial charge in [0.1, 0.15) is 5.82 Å². The molecule has 1 fully saturated rings. The number of methoxy groups -OCH3 is 1. The molecule has 0 radical (unpaired) electrons. The molecule has 0 saturated carbocycles. The number of piperazine rings is 1. The first kappa shape index (κ1) is 15.9. The Labute approximate surface area is 125 Å². The lowest BCUT2D eigenvalue weighted by atomic mass is 10.1. The number of carbonyl (C=O) groups excluding carboxylic acids is 1. The van der Waals surface area contributed by atoms with Gasteiger partial charge in [-0.1, -0.05) is 12.1 Å². The second-order valence-electron chi connectivity index (χ2n) is 5.62. The lowest BCUT2D eigenvalue weighted by molar-refractivity contribution is 0.0191. The number of nitrogens with zero attached hydrogens (tertiary/aromatic N) is 2. The maximum absolute atomic E-state index is 13.8. The first-order chi connectivity index (χ1) is 10.0. The minimum absolute atomic E-state index is 0.155. The zero-order chi connectivity index (χ0) is 15.4. The Bertz CT molecular complexity index is 483. The van der Waals surface area contributed by atoms with E-state index in [9.17, 15) is 9.18 Å².